The second-order valence-electron chi connectivity index (χ2n) is 8.00. The summed E-state index contributed by atoms with van der Waals surface area (Å²) in [6.45, 7) is 6.92. The molecule has 6 heteroatoms. The van der Waals surface area contributed by atoms with Crippen molar-refractivity contribution in [3.8, 4) is 16.8 Å². The molecule has 2 heterocycles. The molecule has 2 aromatic heterocycles. The van der Waals surface area contributed by atoms with Crippen LogP contribution in [-0.4, -0.2) is 15.9 Å². The Morgan fingerprint density at radius 2 is 1.32 bits per heavy atom. The minimum absolute atomic E-state index is 0.141. The second-order valence-corrected chi connectivity index (χ2v) is 9.78. The summed E-state index contributed by atoms with van der Waals surface area (Å²) in [5.41, 5.74) is 4.71. The van der Waals surface area contributed by atoms with Crippen LogP contribution in [0.3, 0.4) is 0 Å². The first-order valence-electron chi connectivity index (χ1n) is 9.28. The highest BCUT2D eigenvalue weighted by Crippen LogP contribution is 2.33. The van der Waals surface area contributed by atoms with Crippen LogP contribution in [0.15, 0.2) is 73.3 Å². The first kappa shape index (κ1) is 20.4. The molecular formula is C22H27N2O3P+2. The lowest BCUT2D eigenvalue weighted by molar-refractivity contribution is -0.692. The van der Waals surface area contributed by atoms with E-state index in [2.05, 4.69) is 61.7 Å². The molecule has 1 aromatic carbocycles. The molecule has 3 rings (SSSR count). The Kier molecular flexibility index (Phi) is 5.80. The zero-order valence-electron chi connectivity index (χ0n) is 16.5. The standard InChI is InChI=1S/C22H25N2O3P/c1-22(2,3)20-4-6-21(7-5-20)24-14-10-19(11-15-24)18-8-12-23(13-9-18)16-17-28(25,26)27/h4-15H,16-17H2,1-3H3/p+2. The van der Waals surface area contributed by atoms with Gasteiger partial charge < -0.3 is 9.79 Å². The number of hydrogen-bond donors (Lipinski definition) is 2. The minimum atomic E-state index is -3.97. The van der Waals surface area contributed by atoms with Gasteiger partial charge in [-0.2, -0.15) is 4.57 Å². The molecule has 0 fully saturated rings. The summed E-state index contributed by atoms with van der Waals surface area (Å²) in [4.78, 5) is 18.0. The molecule has 146 valence electrons. The number of hydrogen-bond acceptors (Lipinski definition) is 1. The van der Waals surface area contributed by atoms with Crippen molar-refractivity contribution in [3.63, 3.8) is 0 Å². The zero-order chi connectivity index (χ0) is 20.4. The SMILES string of the molecule is CC(C)(C)c1ccc(-[n+]2ccc(-c3cc[n+](CCP(=O)(O)O)cc3)cc2)cc1. The average molecular weight is 398 g/mol. The summed E-state index contributed by atoms with van der Waals surface area (Å²) < 4.78 is 14.9. The Morgan fingerprint density at radius 3 is 1.79 bits per heavy atom. The van der Waals surface area contributed by atoms with E-state index in [0.29, 0.717) is 6.54 Å². The molecule has 0 saturated heterocycles. The highest BCUT2D eigenvalue weighted by atomic mass is 31.2. The van der Waals surface area contributed by atoms with Crippen LogP contribution in [0.4, 0.5) is 0 Å². The molecule has 0 saturated carbocycles. The van der Waals surface area contributed by atoms with Gasteiger partial charge in [0.15, 0.2) is 31.3 Å². The van der Waals surface area contributed by atoms with Gasteiger partial charge in [0.1, 0.15) is 6.16 Å². The van der Waals surface area contributed by atoms with E-state index in [-0.39, 0.29) is 11.6 Å². The first-order chi connectivity index (χ1) is 13.1. The van der Waals surface area contributed by atoms with E-state index in [1.54, 1.807) is 4.57 Å². The minimum Gasteiger partial charge on any atom is -0.324 e. The van der Waals surface area contributed by atoms with E-state index in [1.165, 1.54) is 5.56 Å². The lowest BCUT2D eigenvalue weighted by Crippen LogP contribution is -2.34. The molecule has 0 radical (unpaired) electrons. The highest BCUT2D eigenvalue weighted by molar-refractivity contribution is 7.51. The van der Waals surface area contributed by atoms with Crippen molar-refractivity contribution in [2.75, 3.05) is 6.16 Å². The summed E-state index contributed by atoms with van der Waals surface area (Å²) in [5.74, 6) is 0. The van der Waals surface area contributed by atoms with Crippen LogP contribution in [0.1, 0.15) is 26.3 Å². The summed E-state index contributed by atoms with van der Waals surface area (Å²) in [7, 11) is -3.97. The predicted molar refractivity (Wildman–Crippen MR) is 109 cm³/mol. The fourth-order valence-electron chi connectivity index (χ4n) is 2.97. The Balaban J connectivity index is 1.73. The van der Waals surface area contributed by atoms with E-state index in [4.69, 9.17) is 9.79 Å². The van der Waals surface area contributed by atoms with Gasteiger partial charge in [-0.05, 0) is 22.1 Å². The van der Waals surface area contributed by atoms with Crippen molar-refractivity contribution < 1.29 is 23.5 Å². The Labute approximate surface area is 166 Å². The summed E-state index contributed by atoms with van der Waals surface area (Å²) >= 11 is 0. The Hall–Kier alpha value is -2.33. The fraction of sp³-hybridized carbons (Fsp3) is 0.273. The van der Waals surface area contributed by atoms with Crippen molar-refractivity contribution in [3.05, 3.63) is 78.9 Å². The molecule has 5 nitrogen and oxygen atoms in total. The lowest BCUT2D eigenvalue weighted by Gasteiger charge is -2.18. The normalized spacial score (nSPS) is 12.2. The number of benzene rings is 1. The van der Waals surface area contributed by atoms with Gasteiger partial charge in [0.2, 0.25) is 5.69 Å². The maximum absolute atomic E-state index is 11.0. The van der Waals surface area contributed by atoms with Crippen LogP contribution in [0, 0.1) is 0 Å². The quantitative estimate of drug-likeness (QED) is 0.512. The van der Waals surface area contributed by atoms with Crippen molar-refractivity contribution in [1.82, 2.24) is 0 Å². The average Bonchev–Trinajstić information content (AvgIpc) is 2.66. The van der Waals surface area contributed by atoms with Gasteiger partial charge in [-0.25, -0.2) is 4.57 Å². The van der Waals surface area contributed by atoms with Crippen LogP contribution in [0.2, 0.25) is 0 Å². The molecule has 28 heavy (non-hydrogen) atoms. The van der Waals surface area contributed by atoms with E-state index in [0.717, 1.165) is 16.8 Å². The van der Waals surface area contributed by atoms with Gasteiger partial charge in [0, 0.05) is 36.4 Å². The molecule has 2 N–H and O–H groups in total. The lowest BCUT2D eigenvalue weighted by atomic mass is 9.87. The van der Waals surface area contributed by atoms with E-state index in [9.17, 15) is 4.57 Å². The molecule has 0 amide bonds. The maximum Gasteiger partial charge on any atom is 0.331 e. The molecule has 0 aliphatic carbocycles. The largest absolute Gasteiger partial charge is 0.331 e. The van der Waals surface area contributed by atoms with Crippen LogP contribution >= 0.6 is 7.60 Å². The maximum atomic E-state index is 11.0. The van der Waals surface area contributed by atoms with Crippen molar-refractivity contribution >= 4 is 7.60 Å². The molecule has 0 unspecified atom stereocenters. The number of aromatic nitrogens is 2. The molecule has 0 bridgehead atoms. The summed E-state index contributed by atoms with van der Waals surface area (Å²) in [6.07, 6.45) is 7.61. The molecule has 0 aliphatic rings. The number of rotatable bonds is 5. The van der Waals surface area contributed by atoms with Gasteiger partial charge in [0.05, 0.1) is 0 Å². The summed E-state index contributed by atoms with van der Waals surface area (Å²) in [6, 6.07) is 16.6. The molecule has 0 spiro atoms. The van der Waals surface area contributed by atoms with E-state index < -0.39 is 7.60 Å². The van der Waals surface area contributed by atoms with E-state index in [1.807, 2.05) is 36.9 Å². The smallest absolute Gasteiger partial charge is 0.324 e. The van der Waals surface area contributed by atoms with Crippen LogP contribution in [-0.2, 0) is 16.5 Å². The molecule has 0 aliphatic heterocycles. The third-order valence-corrected chi connectivity index (χ3v) is 5.52. The third kappa shape index (κ3) is 5.35. The van der Waals surface area contributed by atoms with Gasteiger partial charge in [-0.3, -0.25) is 4.57 Å². The van der Waals surface area contributed by atoms with Crippen LogP contribution in [0.5, 0.6) is 0 Å². The van der Waals surface area contributed by atoms with Crippen LogP contribution in [0.25, 0.3) is 16.8 Å². The van der Waals surface area contributed by atoms with Gasteiger partial charge in [-0.15, -0.1) is 0 Å². The van der Waals surface area contributed by atoms with Crippen LogP contribution < -0.4 is 9.13 Å². The molecular weight excluding hydrogens is 371 g/mol. The third-order valence-electron chi connectivity index (χ3n) is 4.73. The van der Waals surface area contributed by atoms with Gasteiger partial charge in [-0.1, -0.05) is 32.9 Å². The number of nitrogens with zero attached hydrogens (tertiary/aromatic N) is 2. The molecule has 0 atom stereocenters. The van der Waals surface area contributed by atoms with E-state index >= 15 is 0 Å². The Morgan fingerprint density at radius 1 is 0.821 bits per heavy atom. The fourth-order valence-corrected chi connectivity index (χ4v) is 3.46. The highest BCUT2D eigenvalue weighted by Gasteiger charge is 2.17. The van der Waals surface area contributed by atoms with Crippen molar-refractivity contribution in [2.45, 2.75) is 32.7 Å². The van der Waals surface area contributed by atoms with Crippen molar-refractivity contribution in [1.29, 1.82) is 0 Å². The first-order valence-corrected chi connectivity index (χ1v) is 11.1. The number of pyridine rings is 2. The summed E-state index contributed by atoms with van der Waals surface area (Å²) in [5, 5.41) is 0. The second kappa shape index (κ2) is 7.96. The topological polar surface area (TPSA) is 65.3 Å². The van der Waals surface area contributed by atoms with Crippen molar-refractivity contribution in [2.24, 2.45) is 0 Å². The number of aryl methyl sites for hydroxylation is 1. The Bertz CT molecular complexity index is 970. The predicted octanol–water partition coefficient (Wildman–Crippen LogP) is 3.39. The zero-order valence-corrected chi connectivity index (χ0v) is 17.4. The molecule has 3 aromatic rings. The monoisotopic (exact) mass is 398 g/mol. The van der Waals surface area contributed by atoms with Gasteiger partial charge in [0.25, 0.3) is 0 Å². The van der Waals surface area contributed by atoms with Gasteiger partial charge >= 0.3 is 7.60 Å².